The summed E-state index contributed by atoms with van der Waals surface area (Å²) >= 11 is 0. The fourth-order valence-corrected chi connectivity index (χ4v) is 6.51. The molecule has 1 amide bonds. The first-order chi connectivity index (χ1) is 16.4. The largest absolute Gasteiger partial charge is 0.496 e. The van der Waals surface area contributed by atoms with Gasteiger partial charge in [0, 0.05) is 37.7 Å². The summed E-state index contributed by atoms with van der Waals surface area (Å²) in [4.78, 5) is 15.0. The molecular formula is C25H33N3O5S. The third-order valence-corrected chi connectivity index (χ3v) is 8.76. The van der Waals surface area contributed by atoms with Crippen LogP contribution in [0.5, 0.6) is 5.75 Å². The lowest BCUT2D eigenvalue weighted by Gasteiger charge is -2.33. The first-order valence-electron chi connectivity index (χ1n) is 12.0. The summed E-state index contributed by atoms with van der Waals surface area (Å²) in [6.07, 6.45) is 8.88. The Morgan fingerprint density at radius 3 is 2.41 bits per heavy atom. The van der Waals surface area contributed by atoms with Crippen molar-refractivity contribution in [2.45, 2.75) is 50.3 Å². The molecule has 0 radical (unpaired) electrons. The number of hydrogen-bond donors (Lipinski definition) is 0. The van der Waals surface area contributed by atoms with Gasteiger partial charge < -0.3 is 14.2 Å². The van der Waals surface area contributed by atoms with Crippen molar-refractivity contribution >= 4 is 28.1 Å². The predicted molar refractivity (Wildman–Crippen MR) is 130 cm³/mol. The standard InChI is InChI=1S/C25H33N3O5S/c1-19-24(23(33-26-19)12-11-20-9-5-6-10-22(20)32-2)34(30,31)28-17-13-21(14-18-28)25(29)27-15-7-3-4-8-16-27/h5-6,9-12,21H,3-4,7-8,13-18H2,1-2H3. The second-order valence-electron chi connectivity index (χ2n) is 8.95. The van der Waals surface area contributed by atoms with Crippen molar-refractivity contribution in [2.24, 2.45) is 5.92 Å². The number of piperidine rings is 1. The molecule has 3 heterocycles. The molecule has 0 bridgehead atoms. The van der Waals surface area contributed by atoms with Gasteiger partial charge in [-0.05, 0) is 50.8 Å². The number of likely N-dealkylation sites (tertiary alicyclic amines) is 1. The molecule has 34 heavy (non-hydrogen) atoms. The Morgan fingerprint density at radius 1 is 1.06 bits per heavy atom. The van der Waals surface area contributed by atoms with Crippen molar-refractivity contribution in [3.05, 3.63) is 41.3 Å². The summed E-state index contributed by atoms with van der Waals surface area (Å²) < 4.78 is 39.2. The third kappa shape index (κ3) is 5.20. The molecule has 1 aromatic carbocycles. The van der Waals surface area contributed by atoms with E-state index in [1.165, 1.54) is 17.1 Å². The van der Waals surface area contributed by atoms with Gasteiger partial charge in [0.1, 0.15) is 11.4 Å². The fourth-order valence-electron chi connectivity index (χ4n) is 4.79. The molecule has 2 aliphatic rings. The number of para-hydroxylation sites is 1. The number of aryl methyl sites for hydroxylation is 1. The molecule has 2 saturated heterocycles. The van der Waals surface area contributed by atoms with Crippen LogP contribution in [-0.4, -0.2) is 62.0 Å². The minimum atomic E-state index is -3.81. The second-order valence-corrected chi connectivity index (χ2v) is 10.8. The van der Waals surface area contributed by atoms with Gasteiger partial charge in [-0.25, -0.2) is 8.42 Å². The fraction of sp³-hybridized carbons (Fsp3) is 0.520. The van der Waals surface area contributed by atoms with Crippen LogP contribution in [0, 0.1) is 12.8 Å². The van der Waals surface area contributed by atoms with Crippen LogP contribution in [0.3, 0.4) is 0 Å². The van der Waals surface area contributed by atoms with Gasteiger partial charge in [-0.1, -0.05) is 36.2 Å². The number of nitrogens with zero attached hydrogens (tertiary/aromatic N) is 3. The molecule has 9 heteroatoms. The Labute approximate surface area is 201 Å². The van der Waals surface area contributed by atoms with E-state index in [2.05, 4.69) is 5.16 Å². The molecule has 2 fully saturated rings. The molecule has 8 nitrogen and oxygen atoms in total. The first kappa shape index (κ1) is 24.5. The van der Waals surface area contributed by atoms with Crippen LogP contribution in [0.2, 0.25) is 0 Å². The minimum absolute atomic E-state index is 0.0796. The molecular weight excluding hydrogens is 454 g/mol. The zero-order valence-corrected chi connectivity index (χ0v) is 20.7. The van der Waals surface area contributed by atoms with Crippen LogP contribution in [0.1, 0.15) is 55.5 Å². The molecule has 0 N–H and O–H groups in total. The Morgan fingerprint density at radius 2 is 1.74 bits per heavy atom. The zero-order valence-electron chi connectivity index (χ0n) is 19.9. The molecule has 0 unspecified atom stereocenters. The topological polar surface area (TPSA) is 93.0 Å². The Kier molecular flexibility index (Phi) is 7.73. The van der Waals surface area contributed by atoms with Crippen LogP contribution in [0.15, 0.2) is 33.7 Å². The number of amides is 1. The number of aromatic nitrogens is 1. The highest BCUT2D eigenvalue weighted by Gasteiger charge is 2.37. The number of methoxy groups -OCH3 is 1. The molecule has 2 aliphatic heterocycles. The molecule has 184 valence electrons. The Bertz CT molecular complexity index is 1130. The number of rotatable bonds is 6. The van der Waals surface area contributed by atoms with Gasteiger partial charge in [0.2, 0.25) is 15.9 Å². The number of benzene rings is 1. The summed E-state index contributed by atoms with van der Waals surface area (Å²) in [7, 11) is -2.22. The average molecular weight is 488 g/mol. The number of carbonyl (C=O) groups excluding carboxylic acids is 1. The van der Waals surface area contributed by atoms with E-state index in [-0.39, 0.29) is 22.5 Å². The van der Waals surface area contributed by atoms with E-state index in [1.807, 2.05) is 29.2 Å². The number of carbonyl (C=O) groups is 1. The van der Waals surface area contributed by atoms with Crippen LogP contribution in [-0.2, 0) is 14.8 Å². The molecule has 0 atom stereocenters. The van der Waals surface area contributed by atoms with Gasteiger partial charge in [-0.3, -0.25) is 4.79 Å². The van der Waals surface area contributed by atoms with Gasteiger partial charge in [0.15, 0.2) is 10.7 Å². The normalized spacial score (nSPS) is 18.8. The van der Waals surface area contributed by atoms with Crippen molar-refractivity contribution in [1.82, 2.24) is 14.4 Å². The maximum absolute atomic E-state index is 13.5. The van der Waals surface area contributed by atoms with Crippen molar-refractivity contribution in [3.8, 4) is 5.75 Å². The summed E-state index contributed by atoms with van der Waals surface area (Å²) in [5.74, 6) is 0.931. The zero-order chi connectivity index (χ0) is 24.1. The maximum Gasteiger partial charge on any atom is 0.248 e. The minimum Gasteiger partial charge on any atom is -0.496 e. The van der Waals surface area contributed by atoms with E-state index in [9.17, 15) is 13.2 Å². The molecule has 0 saturated carbocycles. The van der Waals surface area contributed by atoms with Crippen LogP contribution < -0.4 is 4.74 Å². The number of ether oxygens (including phenoxy) is 1. The Balaban J connectivity index is 1.47. The molecule has 0 spiro atoms. The van der Waals surface area contributed by atoms with E-state index in [4.69, 9.17) is 9.26 Å². The lowest BCUT2D eigenvalue weighted by molar-refractivity contribution is -0.136. The van der Waals surface area contributed by atoms with Crippen molar-refractivity contribution < 1.29 is 22.5 Å². The maximum atomic E-state index is 13.5. The highest BCUT2D eigenvalue weighted by atomic mass is 32.2. The molecule has 4 rings (SSSR count). The summed E-state index contributed by atoms with van der Waals surface area (Å²) in [6.45, 7) is 3.89. The predicted octanol–water partition coefficient (Wildman–Crippen LogP) is 3.97. The van der Waals surface area contributed by atoms with Crippen molar-refractivity contribution in [2.75, 3.05) is 33.3 Å². The summed E-state index contributed by atoms with van der Waals surface area (Å²) in [6, 6.07) is 7.45. The van der Waals surface area contributed by atoms with Gasteiger partial charge in [0.05, 0.1) is 7.11 Å². The van der Waals surface area contributed by atoms with E-state index in [0.29, 0.717) is 37.4 Å². The van der Waals surface area contributed by atoms with E-state index >= 15 is 0 Å². The highest BCUT2D eigenvalue weighted by molar-refractivity contribution is 7.89. The van der Waals surface area contributed by atoms with Gasteiger partial charge >= 0.3 is 0 Å². The monoisotopic (exact) mass is 487 g/mol. The van der Waals surface area contributed by atoms with E-state index in [0.717, 1.165) is 31.5 Å². The summed E-state index contributed by atoms with van der Waals surface area (Å²) in [5.41, 5.74) is 1.12. The summed E-state index contributed by atoms with van der Waals surface area (Å²) in [5, 5.41) is 3.92. The van der Waals surface area contributed by atoms with Gasteiger partial charge in [-0.2, -0.15) is 4.31 Å². The second kappa shape index (κ2) is 10.7. The number of hydrogen-bond acceptors (Lipinski definition) is 6. The van der Waals surface area contributed by atoms with Crippen molar-refractivity contribution in [3.63, 3.8) is 0 Å². The van der Waals surface area contributed by atoms with Crippen LogP contribution in [0.4, 0.5) is 0 Å². The highest BCUT2D eigenvalue weighted by Crippen LogP contribution is 2.30. The van der Waals surface area contributed by atoms with E-state index < -0.39 is 10.0 Å². The molecule has 2 aromatic rings. The lowest BCUT2D eigenvalue weighted by Crippen LogP contribution is -2.44. The average Bonchev–Trinajstić information content (AvgIpc) is 3.05. The van der Waals surface area contributed by atoms with E-state index in [1.54, 1.807) is 26.2 Å². The number of sulfonamides is 1. The smallest absolute Gasteiger partial charge is 0.248 e. The van der Waals surface area contributed by atoms with Crippen LogP contribution >= 0.6 is 0 Å². The van der Waals surface area contributed by atoms with Crippen molar-refractivity contribution in [1.29, 1.82) is 0 Å². The van der Waals surface area contributed by atoms with Gasteiger partial charge in [0.25, 0.3) is 0 Å². The SMILES string of the molecule is COc1ccccc1C=Cc1onc(C)c1S(=O)(=O)N1CCC(C(=O)N2CCCCCC2)CC1. The molecule has 1 aromatic heterocycles. The first-order valence-corrected chi connectivity index (χ1v) is 13.4. The quantitative estimate of drug-likeness (QED) is 0.612. The van der Waals surface area contributed by atoms with Crippen LogP contribution in [0.25, 0.3) is 12.2 Å². The molecule has 0 aliphatic carbocycles. The van der Waals surface area contributed by atoms with Gasteiger partial charge in [-0.15, -0.1) is 0 Å². The lowest BCUT2D eigenvalue weighted by atomic mass is 9.96. The third-order valence-electron chi connectivity index (χ3n) is 6.71. The Hall–Kier alpha value is -2.65.